The summed E-state index contributed by atoms with van der Waals surface area (Å²) in [6.45, 7) is 1.90. The van der Waals surface area contributed by atoms with Gasteiger partial charge >= 0.3 is 0 Å². The van der Waals surface area contributed by atoms with Crippen LogP contribution in [0.2, 0.25) is 5.02 Å². The molecule has 0 unspecified atom stereocenters. The molecule has 0 fully saturated rings. The molecule has 0 aliphatic heterocycles. The van der Waals surface area contributed by atoms with Crippen molar-refractivity contribution in [2.75, 3.05) is 0 Å². The van der Waals surface area contributed by atoms with Gasteiger partial charge in [-0.2, -0.15) is 0 Å². The number of hydrogen-bond donors (Lipinski definition) is 2. The molecule has 1 aromatic carbocycles. The number of aryl methyl sites for hydroxylation is 1. The molecule has 0 aliphatic rings. The van der Waals surface area contributed by atoms with Crippen molar-refractivity contribution < 1.29 is 12.8 Å². The van der Waals surface area contributed by atoms with E-state index < -0.39 is 20.7 Å². The van der Waals surface area contributed by atoms with Crippen LogP contribution in [-0.4, -0.2) is 8.42 Å². The molecule has 2 aromatic rings. The zero-order chi connectivity index (χ0) is 15.6. The molecule has 0 amide bonds. The van der Waals surface area contributed by atoms with Crippen molar-refractivity contribution in [3.05, 3.63) is 50.4 Å². The summed E-state index contributed by atoms with van der Waals surface area (Å²) in [7, 11) is -3.99. The van der Waals surface area contributed by atoms with Crippen molar-refractivity contribution in [1.82, 2.24) is 4.72 Å². The van der Waals surface area contributed by atoms with E-state index in [0.717, 1.165) is 15.8 Å². The zero-order valence-electron chi connectivity index (χ0n) is 11.2. The molecule has 0 spiro atoms. The van der Waals surface area contributed by atoms with Gasteiger partial charge in [0.05, 0.1) is 0 Å². The SMILES string of the molecule is Cc1ccc(CNS(=O)(=O)c2cc(Cl)cc(CN)c2F)s1. The van der Waals surface area contributed by atoms with E-state index in [2.05, 4.69) is 4.72 Å². The summed E-state index contributed by atoms with van der Waals surface area (Å²) >= 11 is 7.29. The lowest BCUT2D eigenvalue weighted by atomic mass is 10.2. The molecule has 8 heteroatoms. The number of thiophene rings is 1. The highest BCUT2D eigenvalue weighted by Crippen LogP contribution is 2.24. The minimum absolute atomic E-state index is 0.0647. The smallest absolute Gasteiger partial charge is 0.243 e. The molecule has 3 N–H and O–H groups in total. The van der Waals surface area contributed by atoms with Crippen molar-refractivity contribution in [3.63, 3.8) is 0 Å². The van der Waals surface area contributed by atoms with Crippen LogP contribution in [-0.2, 0) is 23.1 Å². The molecule has 1 aromatic heterocycles. The molecule has 0 aliphatic carbocycles. The van der Waals surface area contributed by atoms with Gasteiger partial charge in [0.25, 0.3) is 0 Å². The maximum Gasteiger partial charge on any atom is 0.243 e. The fraction of sp³-hybridized carbons (Fsp3) is 0.231. The summed E-state index contributed by atoms with van der Waals surface area (Å²) in [5.74, 6) is -0.864. The van der Waals surface area contributed by atoms with Crippen molar-refractivity contribution in [1.29, 1.82) is 0 Å². The molecular formula is C13H14ClFN2O2S2. The number of nitrogens with one attached hydrogen (secondary N) is 1. The lowest BCUT2D eigenvalue weighted by Gasteiger charge is -2.10. The second-order valence-corrected chi connectivity index (χ2v) is 7.96. The highest BCUT2D eigenvalue weighted by molar-refractivity contribution is 7.89. The van der Waals surface area contributed by atoms with Crippen LogP contribution in [0.15, 0.2) is 29.2 Å². The first-order valence-corrected chi connectivity index (χ1v) is 8.74. The van der Waals surface area contributed by atoms with Gasteiger partial charge < -0.3 is 5.73 Å². The van der Waals surface area contributed by atoms with Crippen LogP contribution in [0.5, 0.6) is 0 Å². The molecule has 0 saturated heterocycles. The Morgan fingerprint density at radius 2 is 2.10 bits per heavy atom. The largest absolute Gasteiger partial charge is 0.326 e. The van der Waals surface area contributed by atoms with E-state index in [4.69, 9.17) is 17.3 Å². The first-order chi connectivity index (χ1) is 9.83. The van der Waals surface area contributed by atoms with Gasteiger partial charge in [-0.3, -0.25) is 0 Å². The summed E-state index contributed by atoms with van der Waals surface area (Å²) < 4.78 is 40.9. The topological polar surface area (TPSA) is 72.2 Å². The second kappa shape index (κ2) is 6.41. The third-order valence-corrected chi connectivity index (χ3v) is 5.44. The molecule has 114 valence electrons. The van der Waals surface area contributed by atoms with Crippen LogP contribution in [0, 0.1) is 12.7 Å². The summed E-state index contributed by atoms with van der Waals surface area (Å²) in [6.07, 6.45) is 0. The Bertz CT molecular complexity index is 760. The van der Waals surface area contributed by atoms with E-state index in [-0.39, 0.29) is 23.7 Å². The molecule has 4 nitrogen and oxygen atoms in total. The predicted molar refractivity (Wildman–Crippen MR) is 82.4 cm³/mol. The Hall–Kier alpha value is -0.990. The Morgan fingerprint density at radius 1 is 1.38 bits per heavy atom. The number of sulfonamides is 1. The van der Waals surface area contributed by atoms with E-state index in [9.17, 15) is 12.8 Å². The van der Waals surface area contributed by atoms with Gasteiger partial charge in [0.1, 0.15) is 10.7 Å². The normalized spacial score (nSPS) is 11.8. The summed E-state index contributed by atoms with van der Waals surface area (Å²) in [5, 5.41) is 0.129. The van der Waals surface area contributed by atoms with E-state index >= 15 is 0 Å². The lowest BCUT2D eigenvalue weighted by Crippen LogP contribution is -2.24. The van der Waals surface area contributed by atoms with Gasteiger partial charge in [-0.1, -0.05) is 11.6 Å². The third kappa shape index (κ3) is 3.81. The van der Waals surface area contributed by atoms with Crippen LogP contribution < -0.4 is 10.5 Å². The van der Waals surface area contributed by atoms with E-state index in [1.807, 2.05) is 19.1 Å². The number of rotatable bonds is 5. The standard InChI is InChI=1S/C13H14ClFN2O2S2/c1-8-2-3-11(20-8)7-17-21(18,19)12-5-10(14)4-9(6-16)13(12)15/h2-5,17H,6-7,16H2,1H3. The van der Waals surface area contributed by atoms with Crippen LogP contribution >= 0.6 is 22.9 Å². The molecule has 1 heterocycles. The molecule has 0 saturated carbocycles. The predicted octanol–water partition coefficient (Wildman–Crippen LogP) is 2.79. The summed E-state index contributed by atoms with van der Waals surface area (Å²) in [6, 6.07) is 6.11. The third-order valence-electron chi connectivity index (χ3n) is 2.82. The van der Waals surface area contributed by atoms with Gasteiger partial charge in [-0.15, -0.1) is 11.3 Å². The van der Waals surface area contributed by atoms with Gasteiger partial charge in [0.2, 0.25) is 10.0 Å². The maximum absolute atomic E-state index is 14.1. The molecule has 0 bridgehead atoms. The van der Waals surface area contributed by atoms with Crippen LogP contribution in [0.1, 0.15) is 15.3 Å². The van der Waals surface area contributed by atoms with Crippen LogP contribution in [0.4, 0.5) is 4.39 Å². The molecule has 0 radical (unpaired) electrons. The van der Waals surface area contributed by atoms with Crippen molar-refractivity contribution in [2.45, 2.75) is 24.9 Å². The van der Waals surface area contributed by atoms with E-state index in [0.29, 0.717) is 0 Å². The van der Waals surface area contributed by atoms with Crippen molar-refractivity contribution in [3.8, 4) is 0 Å². The highest BCUT2D eigenvalue weighted by Gasteiger charge is 2.22. The molecule has 2 rings (SSSR count). The molecule has 21 heavy (non-hydrogen) atoms. The zero-order valence-corrected chi connectivity index (χ0v) is 13.6. The van der Waals surface area contributed by atoms with Crippen molar-refractivity contribution >= 4 is 33.0 Å². The number of halogens is 2. The minimum Gasteiger partial charge on any atom is -0.326 e. The highest BCUT2D eigenvalue weighted by atomic mass is 35.5. The second-order valence-electron chi connectivity index (χ2n) is 4.42. The monoisotopic (exact) mass is 348 g/mol. The first kappa shape index (κ1) is 16.4. The van der Waals surface area contributed by atoms with Gasteiger partial charge in [-0.05, 0) is 31.2 Å². The summed E-state index contributed by atoms with van der Waals surface area (Å²) in [4.78, 5) is 1.44. The van der Waals surface area contributed by atoms with Gasteiger partial charge in [0.15, 0.2) is 0 Å². The average molecular weight is 349 g/mol. The number of benzene rings is 1. The summed E-state index contributed by atoms with van der Waals surface area (Å²) in [5.41, 5.74) is 5.45. The number of hydrogen-bond acceptors (Lipinski definition) is 4. The van der Waals surface area contributed by atoms with Gasteiger partial charge in [-0.25, -0.2) is 17.5 Å². The Labute approximate surface area is 131 Å². The van der Waals surface area contributed by atoms with E-state index in [1.54, 1.807) is 0 Å². The van der Waals surface area contributed by atoms with Crippen molar-refractivity contribution in [2.24, 2.45) is 5.73 Å². The first-order valence-electron chi connectivity index (χ1n) is 6.06. The quantitative estimate of drug-likeness (QED) is 0.872. The minimum atomic E-state index is -3.99. The van der Waals surface area contributed by atoms with Crippen LogP contribution in [0.25, 0.3) is 0 Å². The number of nitrogens with two attached hydrogens (primary N) is 1. The van der Waals surface area contributed by atoms with E-state index in [1.165, 1.54) is 17.4 Å². The maximum atomic E-state index is 14.1. The fourth-order valence-corrected chi connectivity index (χ4v) is 4.16. The Morgan fingerprint density at radius 3 is 2.67 bits per heavy atom. The molecular weight excluding hydrogens is 335 g/mol. The average Bonchev–Trinajstić information content (AvgIpc) is 2.84. The Balaban J connectivity index is 2.29. The van der Waals surface area contributed by atoms with Crippen LogP contribution in [0.3, 0.4) is 0 Å². The Kier molecular flexibility index (Phi) is 5.00. The van der Waals surface area contributed by atoms with Gasteiger partial charge in [0, 0.05) is 33.4 Å². The lowest BCUT2D eigenvalue weighted by molar-refractivity contribution is 0.550. The molecule has 0 atom stereocenters. The fourth-order valence-electron chi connectivity index (χ4n) is 1.79.